The summed E-state index contributed by atoms with van der Waals surface area (Å²) in [5, 5.41) is 3.21. The second kappa shape index (κ2) is 9.26. The smallest absolute Gasteiger partial charge is 0.293 e. The Labute approximate surface area is 90.1 Å². The van der Waals surface area contributed by atoms with Gasteiger partial charge in [-0.1, -0.05) is 0 Å². The summed E-state index contributed by atoms with van der Waals surface area (Å²) in [5.41, 5.74) is 10.4. The number of carbonyl (C=O) groups is 1. The van der Waals surface area contributed by atoms with Crippen LogP contribution in [0.1, 0.15) is 19.8 Å². The summed E-state index contributed by atoms with van der Waals surface area (Å²) in [6.45, 7) is 4.24. The van der Waals surface area contributed by atoms with Crippen LogP contribution < -0.4 is 16.8 Å². The number of ether oxygens (including phenoxy) is 1. The molecule has 15 heavy (non-hydrogen) atoms. The van der Waals surface area contributed by atoms with Crippen LogP contribution in [0.15, 0.2) is 4.99 Å². The highest BCUT2D eigenvalue weighted by Gasteiger charge is 1.99. The van der Waals surface area contributed by atoms with Gasteiger partial charge >= 0.3 is 0 Å². The van der Waals surface area contributed by atoms with E-state index in [0.29, 0.717) is 32.2 Å². The summed E-state index contributed by atoms with van der Waals surface area (Å²) in [6, 6.07) is 0.370. The topological polar surface area (TPSA) is 103 Å². The molecule has 0 saturated heterocycles. The zero-order valence-electron chi connectivity index (χ0n) is 9.11. The zero-order chi connectivity index (χ0) is 11.5. The number of guanidine groups is 1. The van der Waals surface area contributed by atoms with Crippen LogP contribution in [0, 0.1) is 0 Å². The molecule has 0 spiro atoms. The van der Waals surface area contributed by atoms with E-state index in [4.69, 9.17) is 11.5 Å². The first kappa shape index (κ1) is 13.7. The van der Waals surface area contributed by atoms with Crippen LogP contribution in [0.5, 0.6) is 0 Å². The van der Waals surface area contributed by atoms with Crippen molar-refractivity contribution in [3.05, 3.63) is 0 Å². The molecule has 1 atom stereocenters. The van der Waals surface area contributed by atoms with Crippen molar-refractivity contribution >= 4 is 12.4 Å². The van der Waals surface area contributed by atoms with Crippen molar-refractivity contribution in [3.8, 4) is 0 Å². The van der Waals surface area contributed by atoms with Crippen LogP contribution in [-0.2, 0) is 9.53 Å². The number of nitrogens with two attached hydrogens (primary N) is 2. The van der Waals surface area contributed by atoms with Crippen molar-refractivity contribution in [2.75, 3.05) is 19.7 Å². The van der Waals surface area contributed by atoms with Gasteiger partial charge in [-0.25, -0.2) is 0 Å². The number of rotatable bonds is 9. The van der Waals surface area contributed by atoms with Gasteiger partial charge in [0.15, 0.2) is 5.96 Å². The highest BCUT2D eigenvalue weighted by Crippen LogP contribution is 1.96. The van der Waals surface area contributed by atoms with Crippen molar-refractivity contribution in [2.45, 2.75) is 25.8 Å². The molecule has 0 radical (unpaired) electrons. The minimum absolute atomic E-state index is 0.134. The zero-order valence-corrected chi connectivity index (χ0v) is 9.11. The number of nitrogens with one attached hydrogen (secondary N) is 1. The molecule has 5 N–H and O–H groups in total. The molecular formula is C9H20N4O2. The molecule has 0 aromatic rings. The van der Waals surface area contributed by atoms with E-state index >= 15 is 0 Å². The Morgan fingerprint density at radius 1 is 1.60 bits per heavy atom. The molecule has 6 heteroatoms. The highest BCUT2D eigenvalue weighted by molar-refractivity contribution is 5.75. The minimum atomic E-state index is 0.134. The predicted molar refractivity (Wildman–Crippen MR) is 59.4 cm³/mol. The Balaban J connectivity index is 3.29. The van der Waals surface area contributed by atoms with Gasteiger partial charge in [-0.15, -0.1) is 0 Å². The average Bonchev–Trinajstić information content (AvgIpc) is 2.19. The van der Waals surface area contributed by atoms with Crippen LogP contribution >= 0.6 is 0 Å². The predicted octanol–water partition coefficient (Wildman–Crippen LogP) is -0.809. The van der Waals surface area contributed by atoms with Gasteiger partial charge in [-0.05, 0) is 19.8 Å². The summed E-state index contributed by atoms with van der Waals surface area (Å²) in [5.74, 6) is 0.134. The summed E-state index contributed by atoms with van der Waals surface area (Å²) >= 11 is 0. The normalized spacial score (nSPS) is 11.8. The fourth-order valence-electron chi connectivity index (χ4n) is 1.12. The lowest BCUT2D eigenvalue weighted by molar-refractivity contribution is -0.128. The quantitative estimate of drug-likeness (QED) is 0.202. The maximum absolute atomic E-state index is 9.84. The molecule has 0 bridgehead atoms. The monoisotopic (exact) mass is 216 g/mol. The molecule has 1 unspecified atom stereocenters. The molecule has 0 aliphatic carbocycles. The Bertz CT molecular complexity index is 193. The second-order valence-electron chi connectivity index (χ2n) is 3.27. The third-order valence-corrected chi connectivity index (χ3v) is 1.87. The van der Waals surface area contributed by atoms with Crippen LogP contribution in [0.3, 0.4) is 0 Å². The molecule has 0 amide bonds. The molecule has 88 valence electrons. The minimum Gasteiger partial charge on any atom is -0.467 e. The maximum Gasteiger partial charge on any atom is 0.293 e. The van der Waals surface area contributed by atoms with Gasteiger partial charge in [-0.2, -0.15) is 0 Å². The van der Waals surface area contributed by atoms with Crippen molar-refractivity contribution in [1.82, 2.24) is 5.32 Å². The Morgan fingerprint density at radius 3 is 2.93 bits per heavy atom. The summed E-state index contributed by atoms with van der Waals surface area (Å²) < 4.78 is 4.54. The van der Waals surface area contributed by atoms with Crippen LogP contribution in [-0.4, -0.2) is 38.2 Å². The molecule has 0 fully saturated rings. The Kier molecular flexibility index (Phi) is 8.46. The fraction of sp³-hybridized carbons (Fsp3) is 0.778. The van der Waals surface area contributed by atoms with Gasteiger partial charge in [0, 0.05) is 19.1 Å². The standard InChI is InChI=1S/C9H20N4O2/c1-8(12-5-6-15-7-14)3-2-4-13-9(10)11/h7-8,12H,2-6H2,1H3,(H4,10,11,13). The summed E-state index contributed by atoms with van der Waals surface area (Å²) in [6.07, 6.45) is 1.92. The Morgan fingerprint density at radius 2 is 2.33 bits per heavy atom. The van der Waals surface area contributed by atoms with Crippen molar-refractivity contribution in [3.63, 3.8) is 0 Å². The van der Waals surface area contributed by atoms with Gasteiger partial charge in [0.25, 0.3) is 6.47 Å². The number of aliphatic imine (C=N–C) groups is 1. The van der Waals surface area contributed by atoms with Crippen molar-refractivity contribution in [1.29, 1.82) is 0 Å². The first-order valence-corrected chi connectivity index (χ1v) is 5.01. The summed E-state index contributed by atoms with van der Waals surface area (Å²) in [7, 11) is 0. The van der Waals surface area contributed by atoms with E-state index in [9.17, 15) is 4.79 Å². The third kappa shape index (κ3) is 10.6. The average molecular weight is 216 g/mol. The van der Waals surface area contributed by atoms with Gasteiger partial charge in [0.05, 0.1) is 0 Å². The first-order valence-electron chi connectivity index (χ1n) is 5.01. The van der Waals surface area contributed by atoms with Gasteiger partial charge < -0.3 is 21.5 Å². The molecule has 0 heterocycles. The van der Waals surface area contributed by atoms with Gasteiger partial charge in [0.1, 0.15) is 6.61 Å². The van der Waals surface area contributed by atoms with Crippen LogP contribution in [0.2, 0.25) is 0 Å². The Hall–Kier alpha value is -1.30. The first-order chi connectivity index (χ1) is 7.16. The van der Waals surface area contributed by atoms with E-state index in [1.807, 2.05) is 0 Å². The van der Waals surface area contributed by atoms with Gasteiger partial charge in [-0.3, -0.25) is 9.79 Å². The van der Waals surface area contributed by atoms with Crippen LogP contribution in [0.4, 0.5) is 0 Å². The number of hydrogen-bond acceptors (Lipinski definition) is 4. The SMILES string of the molecule is CC(CCCN=C(N)N)NCCOC=O. The largest absolute Gasteiger partial charge is 0.467 e. The summed E-state index contributed by atoms with van der Waals surface area (Å²) in [4.78, 5) is 13.7. The van der Waals surface area contributed by atoms with E-state index in [0.717, 1.165) is 12.8 Å². The molecule has 0 aromatic carbocycles. The number of hydrogen-bond donors (Lipinski definition) is 3. The van der Waals surface area contributed by atoms with Crippen molar-refractivity contribution in [2.24, 2.45) is 16.5 Å². The third-order valence-electron chi connectivity index (χ3n) is 1.87. The lowest BCUT2D eigenvalue weighted by atomic mass is 10.2. The molecule has 0 aliphatic rings. The fourth-order valence-corrected chi connectivity index (χ4v) is 1.12. The lowest BCUT2D eigenvalue weighted by Gasteiger charge is -2.12. The molecule has 0 saturated carbocycles. The van der Waals surface area contributed by atoms with E-state index in [-0.39, 0.29) is 5.96 Å². The number of carbonyl (C=O) groups excluding carboxylic acids is 1. The number of nitrogens with zero attached hydrogens (tertiary/aromatic N) is 1. The highest BCUT2D eigenvalue weighted by atomic mass is 16.5. The molecular weight excluding hydrogens is 196 g/mol. The van der Waals surface area contributed by atoms with E-state index < -0.39 is 0 Å². The van der Waals surface area contributed by atoms with Crippen molar-refractivity contribution < 1.29 is 9.53 Å². The van der Waals surface area contributed by atoms with Crippen LogP contribution in [0.25, 0.3) is 0 Å². The maximum atomic E-state index is 9.84. The molecule has 0 aliphatic heterocycles. The van der Waals surface area contributed by atoms with E-state index in [1.54, 1.807) is 0 Å². The molecule has 0 aromatic heterocycles. The molecule has 6 nitrogen and oxygen atoms in total. The molecule has 0 rings (SSSR count). The van der Waals surface area contributed by atoms with E-state index in [2.05, 4.69) is 22.0 Å². The lowest BCUT2D eigenvalue weighted by Crippen LogP contribution is -2.29. The van der Waals surface area contributed by atoms with Gasteiger partial charge in [0.2, 0.25) is 0 Å². The second-order valence-corrected chi connectivity index (χ2v) is 3.27. The van der Waals surface area contributed by atoms with E-state index in [1.165, 1.54) is 0 Å².